The average molecular weight is 233 g/mol. The summed E-state index contributed by atoms with van der Waals surface area (Å²) in [6, 6.07) is 6.20. The first-order valence-electron chi connectivity index (χ1n) is 6.12. The number of hydrogen-bond donors (Lipinski definition) is 2. The van der Waals surface area contributed by atoms with Crippen molar-refractivity contribution in [3.05, 3.63) is 29.3 Å². The standard InChI is InChI=1S/C14H19NO2/c1-14(2,13(16)17)15-12-8-7-10-5-3-4-6-11(10)9-12/h7-9,15H,3-6H2,1-2H3,(H,16,17). The Balaban J connectivity index is 2.20. The molecule has 3 heteroatoms. The molecule has 17 heavy (non-hydrogen) atoms. The molecule has 1 aliphatic carbocycles. The van der Waals surface area contributed by atoms with Gasteiger partial charge in [0.25, 0.3) is 0 Å². The van der Waals surface area contributed by atoms with E-state index in [4.69, 9.17) is 5.11 Å². The fourth-order valence-electron chi connectivity index (χ4n) is 2.23. The third-order valence-electron chi connectivity index (χ3n) is 3.34. The summed E-state index contributed by atoms with van der Waals surface area (Å²) in [4.78, 5) is 11.1. The third kappa shape index (κ3) is 2.60. The molecule has 1 aromatic rings. The molecule has 0 spiro atoms. The van der Waals surface area contributed by atoms with Gasteiger partial charge in [0.2, 0.25) is 0 Å². The van der Waals surface area contributed by atoms with E-state index in [-0.39, 0.29) is 0 Å². The predicted molar refractivity (Wildman–Crippen MR) is 68.4 cm³/mol. The van der Waals surface area contributed by atoms with Crippen LogP contribution in [0.5, 0.6) is 0 Å². The van der Waals surface area contributed by atoms with Crippen LogP contribution in [-0.2, 0) is 17.6 Å². The lowest BCUT2D eigenvalue weighted by Crippen LogP contribution is -2.39. The van der Waals surface area contributed by atoms with Crippen LogP contribution in [0.2, 0.25) is 0 Å². The lowest BCUT2D eigenvalue weighted by molar-refractivity contribution is -0.141. The average Bonchev–Trinajstić information content (AvgIpc) is 2.28. The molecule has 0 amide bonds. The van der Waals surface area contributed by atoms with Gasteiger partial charge in [-0.25, -0.2) is 4.79 Å². The molecule has 0 saturated heterocycles. The van der Waals surface area contributed by atoms with E-state index >= 15 is 0 Å². The number of nitrogens with one attached hydrogen (secondary N) is 1. The maximum atomic E-state index is 11.1. The summed E-state index contributed by atoms with van der Waals surface area (Å²) >= 11 is 0. The lowest BCUT2D eigenvalue weighted by Gasteiger charge is -2.24. The quantitative estimate of drug-likeness (QED) is 0.844. The van der Waals surface area contributed by atoms with Gasteiger partial charge in [0.1, 0.15) is 5.54 Å². The first-order chi connectivity index (χ1) is 7.99. The van der Waals surface area contributed by atoms with Gasteiger partial charge >= 0.3 is 5.97 Å². The van der Waals surface area contributed by atoms with Crippen molar-refractivity contribution in [1.82, 2.24) is 0 Å². The number of carboxylic acid groups (broad SMARTS) is 1. The number of rotatable bonds is 3. The zero-order valence-electron chi connectivity index (χ0n) is 10.4. The van der Waals surface area contributed by atoms with Crippen molar-refractivity contribution in [1.29, 1.82) is 0 Å². The van der Waals surface area contributed by atoms with Crippen molar-refractivity contribution in [3.63, 3.8) is 0 Å². The molecule has 0 aliphatic heterocycles. The molecular weight excluding hydrogens is 214 g/mol. The molecule has 2 rings (SSSR count). The largest absolute Gasteiger partial charge is 0.480 e. The zero-order chi connectivity index (χ0) is 12.5. The van der Waals surface area contributed by atoms with Gasteiger partial charge in [-0.2, -0.15) is 0 Å². The summed E-state index contributed by atoms with van der Waals surface area (Å²) in [5.41, 5.74) is 2.75. The van der Waals surface area contributed by atoms with Crippen LogP contribution in [-0.4, -0.2) is 16.6 Å². The summed E-state index contributed by atoms with van der Waals surface area (Å²) in [7, 11) is 0. The van der Waals surface area contributed by atoms with Crippen LogP contribution >= 0.6 is 0 Å². The number of fused-ring (bicyclic) bond motifs is 1. The lowest BCUT2D eigenvalue weighted by atomic mass is 9.91. The van der Waals surface area contributed by atoms with E-state index in [0.717, 1.165) is 18.5 Å². The van der Waals surface area contributed by atoms with E-state index < -0.39 is 11.5 Å². The minimum atomic E-state index is -0.928. The monoisotopic (exact) mass is 233 g/mol. The molecule has 1 aromatic carbocycles. The fraction of sp³-hybridized carbons (Fsp3) is 0.500. The van der Waals surface area contributed by atoms with Crippen LogP contribution in [0.4, 0.5) is 5.69 Å². The summed E-state index contributed by atoms with van der Waals surface area (Å²) in [6.45, 7) is 3.35. The third-order valence-corrected chi connectivity index (χ3v) is 3.34. The van der Waals surface area contributed by atoms with Gasteiger partial charge in [-0.05, 0) is 62.8 Å². The van der Waals surface area contributed by atoms with E-state index in [0.29, 0.717) is 0 Å². The maximum absolute atomic E-state index is 11.1. The second kappa shape index (κ2) is 4.40. The topological polar surface area (TPSA) is 49.3 Å². The predicted octanol–water partition coefficient (Wildman–Crippen LogP) is 2.84. The molecular formula is C14H19NO2. The Hall–Kier alpha value is -1.51. The summed E-state index contributed by atoms with van der Waals surface area (Å²) in [5, 5.41) is 12.1. The molecule has 92 valence electrons. The molecule has 0 aromatic heterocycles. The highest BCUT2D eigenvalue weighted by Gasteiger charge is 2.26. The molecule has 2 N–H and O–H groups in total. The van der Waals surface area contributed by atoms with Crippen molar-refractivity contribution in [2.45, 2.75) is 45.1 Å². The molecule has 0 heterocycles. The van der Waals surface area contributed by atoms with Crippen molar-refractivity contribution < 1.29 is 9.90 Å². The maximum Gasteiger partial charge on any atom is 0.328 e. The van der Waals surface area contributed by atoms with Crippen LogP contribution < -0.4 is 5.32 Å². The van der Waals surface area contributed by atoms with Gasteiger partial charge in [0.05, 0.1) is 0 Å². The summed E-state index contributed by atoms with van der Waals surface area (Å²) in [6.07, 6.45) is 4.76. The highest BCUT2D eigenvalue weighted by molar-refractivity contribution is 5.81. The Bertz CT molecular complexity index is 438. The second-order valence-corrected chi connectivity index (χ2v) is 5.25. The van der Waals surface area contributed by atoms with Gasteiger partial charge < -0.3 is 10.4 Å². The van der Waals surface area contributed by atoms with E-state index in [1.54, 1.807) is 13.8 Å². The molecule has 1 aliphatic rings. The van der Waals surface area contributed by atoms with E-state index in [2.05, 4.69) is 17.4 Å². The molecule has 0 bridgehead atoms. The van der Waals surface area contributed by atoms with Crippen molar-refractivity contribution in [2.24, 2.45) is 0 Å². The Morgan fingerprint density at radius 3 is 2.53 bits per heavy atom. The Labute approximate surface area is 102 Å². The van der Waals surface area contributed by atoms with Crippen molar-refractivity contribution in [2.75, 3.05) is 5.32 Å². The Kier molecular flexibility index (Phi) is 3.09. The SMILES string of the molecule is CC(C)(Nc1ccc2c(c1)CCCC2)C(=O)O. The van der Waals surface area contributed by atoms with Crippen molar-refractivity contribution >= 4 is 11.7 Å². The van der Waals surface area contributed by atoms with Crippen LogP contribution in [0.3, 0.4) is 0 Å². The highest BCUT2D eigenvalue weighted by Crippen LogP contribution is 2.25. The smallest absolute Gasteiger partial charge is 0.328 e. The minimum Gasteiger partial charge on any atom is -0.480 e. The second-order valence-electron chi connectivity index (χ2n) is 5.25. The molecule has 0 unspecified atom stereocenters. The van der Waals surface area contributed by atoms with Gasteiger partial charge in [-0.1, -0.05) is 6.07 Å². The first-order valence-corrected chi connectivity index (χ1v) is 6.12. The van der Waals surface area contributed by atoms with E-state index in [1.165, 1.54) is 24.0 Å². The molecule has 0 atom stereocenters. The van der Waals surface area contributed by atoms with Gasteiger partial charge in [0, 0.05) is 5.69 Å². The van der Waals surface area contributed by atoms with E-state index in [9.17, 15) is 4.79 Å². The highest BCUT2D eigenvalue weighted by atomic mass is 16.4. The molecule has 0 radical (unpaired) electrons. The van der Waals surface area contributed by atoms with Gasteiger partial charge in [-0.15, -0.1) is 0 Å². The first kappa shape index (κ1) is 12.0. The fourth-order valence-corrected chi connectivity index (χ4v) is 2.23. The number of carbonyl (C=O) groups is 1. The molecule has 0 saturated carbocycles. The number of aryl methyl sites for hydroxylation is 2. The van der Waals surface area contributed by atoms with Crippen molar-refractivity contribution in [3.8, 4) is 0 Å². The number of carboxylic acids is 1. The minimum absolute atomic E-state index is 0.838. The summed E-state index contributed by atoms with van der Waals surface area (Å²) < 4.78 is 0. The number of hydrogen-bond acceptors (Lipinski definition) is 2. The van der Waals surface area contributed by atoms with Gasteiger partial charge in [-0.3, -0.25) is 0 Å². The van der Waals surface area contributed by atoms with Crippen LogP contribution in [0.25, 0.3) is 0 Å². The number of anilines is 1. The Morgan fingerprint density at radius 1 is 1.24 bits per heavy atom. The van der Waals surface area contributed by atoms with Crippen LogP contribution in [0.1, 0.15) is 37.8 Å². The summed E-state index contributed by atoms with van der Waals surface area (Å²) in [5.74, 6) is -0.838. The number of benzene rings is 1. The van der Waals surface area contributed by atoms with E-state index in [1.807, 2.05) is 6.07 Å². The van der Waals surface area contributed by atoms with Crippen LogP contribution in [0, 0.1) is 0 Å². The normalized spacial score (nSPS) is 15.2. The molecule has 3 nitrogen and oxygen atoms in total. The van der Waals surface area contributed by atoms with Crippen LogP contribution in [0.15, 0.2) is 18.2 Å². The Morgan fingerprint density at radius 2 is 1.88 bits per heavy atom. The molecule has 0 fully saturated rings. The zero-order valence-corrected chi connectivity index (χ0v) is 10.4. The number of aliphatic carboxylic acids is 1. The van der Waals surface area contributed by atoms with Gasteiger partial charge in [0.15, 0.2) is 0 Å².